The third-order valence-corrected chi connectivity index (χ3v) is 2.59. The SMILES string of the molecule is COc1ccc(CCNC(=S)NC(C)(C)C)cc1. The molecule has 2 N–H and O–H groups in total. The molecule has 0 heterocycles. The van der Waals surface area contributed by atoms with Gasteiger partial charge in [-0.1, -0.05) is 12.1 Å². The van der Waals surface area contributed by atoms with Gasteiger partial charge in [0.15, 0.2) is 5.11 Å². The summed E-state index contributed by atoms with van der Waals surface area (Å²) in [5.41, 5.74) is 1.27. The van der Waals surface area contributed by atoms with Crippen molar-refractivity contribution in [2.75, 3.05) is 13.7 Å². The van der Waals surface area contributed by atoms with Crippen LogP contribution in [-0.2, 0) is 6.42 Å². The first-order chi connectivity index (χ1) is 8.40. The largest absolute Gasteiger partial charge is 0.497 e. The zero-order valence-electron chi connectivity index (χ0n) is 11.5. The fraction of sp³-hybridized carbons (Fsp3) is 0.500. The zero-order chi connectivity index (χ0) is 13.6. The molecule has 0 aliphatic rings. The topological polar surface area (TPSA) is 33.3 Å². The third kappa shape index (κ3) is 5.87. The van der Waals surface area contributed by atoms with Crippen molar-refractivity contribution in [2.45, 2.75) is 32.7 Å². The van der Waals surface area contributed by atoms with Crippen molar-refractivity contribution in [3.63, 3.8) is 0 Å². The predicted molar refractivity (Wildman–Crippen MR) is 80.2 cm³/mol. The normalized spacial score (nSPS) is 10.9. The van der Waals surface area contributed by atoms with Crippen molar-refractivity contribution < 1.29 is 4.74 Å². The van der Waals surface area contributed by atoms with E-state index in [0.29, 0.717) is 5.11 Å². The van der Waals surface area contributed by atoms with Crippen LogP contribution in [-0.4, -0.2) is 24.3 Å². The van der Waals surface area contributed by atoms with Gasteiger partial charge in [0.2, 0.25) is 0 Å². The summed E-state index contributed by atoms with van der Waals surface area (Å²) in [7, 11) is 1.67. The number of benzene rings is 1. The van der Waals surface area contributed by atoms with Crippen molar-refractivity contribution in [1.29, 1.82) is 0 Å². The van der Waals surface area contributed by atoms with Crippen molar-refractivity contribution in [3.05, 3.63) is 29.8 Å². The van der Waals surface area contributed by atoms with E-state index in [0.717, 1.165) is 18.7 Å². The van der Waals surface area contributed by atoms with Gasteiger partial charge in [-0.05, 0) is 57.1 Å². The molecule has 1 rings (SSSR count). The Morgan fingerprint density at radius 2 is 1.83 bits per heavy atom. The molecule has 0 amide bonds. The van der Waals surface area contributed by atoms with Crippen LogP contribution in [0, 0.1) is 0 Å². The first-order valence-corrected chi connectivity index (χ1v) is 6.50. The van der Waals surface area contributed by atoms with Gasteiger partial charge in [-0.25, -0.2) is 0 Å². The first-order valence-electron chi connectivity index (χ1n) is 6.09. The van der Waals surface area contributed by atoms with Gasteiger partial charge in [0.1, 0.15) is 5.75 Å². The van der Waals surface area contributed by atoms with Gasteiger partial charge in [0.25, 0.3) is 0 Å². The van der Waals surface area contributed by atoms with Gasteiger partial charge in [-0.2, -0.15) is 0 Å². The van der Waals surface area contributed by atoms with E-state index in [9.17, 15) is 0 Å². The monoisotopic (exact) mass is 266 g/mol. The van der Waals surface area contributed by atoms with Crippen LogP contribution in [0.25, 0.3) is 0 Å². The predicted octanol–water partition coefficient (Wildman–Crippen LogP) is 2.50. The Morgan fingerprint density at radius 3 is 2.33 bits per heavy atom. The maximum Gasteiger partial charge on any atom is 0.166 e. The molecule has 18 heavy (non-hydrogen) atoms. The van der Waals surface area contributed by atoms with Gasteiger partial charge in [-0.3, -0.25) is 0 Å². The van der Waals surface area contributed by atoms with Crippen LogP contribution in [0.5, 0.6) is 5.75 Å². The summed E-state index contributed by atoms with van der Waals surface area (Å²) < 4.78 is 5.12. The summed E-state index contributed by atoms with van der Waals surface area (Å²) in [5, 5.41) is 7.13. The van der Waals surface area contributed by atoms with E-state index in [1.165, 1.54) is 5.56 Å². The lowest BCUT2D eigenvalue weighted by Gasteiger charge is -2.23. The van der Waals surface area contributed by atoms with E-state index < -0.39 is 0 Å². The van der Waals surface area contributed by atoms with E-state index in [2.05, 4.69) is 43.5 Å². The van der Waals surface area contributed by atoms with Gasteiger partial charge in [0.05, 0.1) is 7.11 Å². The van der Waals surface area contributed by atoms with Crippen LogP contribution in [0.4, 0.5) is 0 Å². The molecular formula is C14H22N2OS. The molecule has 3 nitrogen and oxygen atoms in total. The second-order valence-electron chi connectivity index (χ2n) is 5.23. The second-order valence-corrected chi connectivity index (χ2v) is 5.64. The van der Waals surface area contributed by atoms with Crippen LogP contribution >= 0.6 is 12.2 Å². The van der Waals surface area contributed by atoms with Crippen LogP contribution in [0.3, 0.4) is 0 Å². The summed E-state index contributed by atoms with van der Waals surface area (Å²) in [6, 6.07) is 8.09. The van der Waals surface area contributed by atoms with Gasteiger partial charge in [-0.15, -0.1) is 0 Å². The molecule has 4 heteroatoms. The van der Waals surface area contributed by atoms with Gasteiger partial charge in [0, 0.05) is 12.1 Å². The third-order valence-electron chi connectivity index (χ3n) is 2.35. The van der Waals surface area contributed by atoms with Gasteiger partial charge < -0.3 is 15.4 Å². The fourth-order valence-corrected chi connectivity index (χ4v) is 1.91. The highest BCUT2D eigenvalue weighted by molar-refractivity contribution is 7.80. The molecule has 0 saturated carbocycles. The van der Waals surface area contributed by atoms with Crippen molar-refractivity contribution in [2.24, 2.45) is 0 Å². The number of hydrogen-bond acceptors (Lipinski definition) is 2. The quantitative estimate of drug-likeness (QED) is 0.820. The van der Waals surface area contributed by atoms with Crippen LogP contribution < -0.4 is 15.4 Å². The Kier molecular flexibility index (Phi) is 5.41. The number of thiocarbonyl (C=S) groups is 1. The Morgan fingerprint density at radius 1 is 1.22 bits per heavy atom. The molecule has 100 valence electrons. The molecule has 0 saturated heterocycles. The average molecular weight is 266 g/mol. The number of nitrogens with one attached hydrogen (secondary N) is 2. The summed E-state index contributed by atoms with van der Waals surface area (Å²) in [6.45, 7) is 7.09. The molecule has 0 unspecified atom stereocenters. The standard InChI is InChI=1S/C14H22N2OS/c1-14(2,3)16-13(18)15-10-9-11-5-7-12(17-4)8-6-11/h5-8H,9-10H2,1-4H3,(H2,15,16,18). The Bertz CT molecular complexity index is 382. The molecule has 0 bridgehead atoms. The molecule has 1 aromatic carbocycles. The molecule has 0 radical (unpaired) electrons. The summed E-state index contributed by atoms with van der Waals surface area (Å²) in [4.78, 5) is 0. The van der Waals surface area contributed by atoms with E-state index in [4.69, 9.17) is 17.0 Å². The first kappa shape index (κ1) is 14.8. The highest BCUT2D eigenvalue weighted by atomic mass is 32.1. The Balaban J connectivity index is 2.30. The Hall–Kier alpha value is -1.29. The molecular weight excluding hydrogens is 244 g/mol. The Labute approximate surface area is 115 Å². The lowest BCUT2D eigenvalue weighted by molar-refractivity contribution is 0.414. The molecule has 0 aromatic heterocycles. The number of ether oxygens (including phenoxy) is 1. The molecule has 1 aromatic rings. The number of rotatable bonds is 4. The second kappa shape index (κ2) is 6.59. The molecule has 0 aliphatic heterocycles. The van der Waals surface area contributed by atoms with E-state index in [1.807, 2.05) is 12.1 Å². The zero-order valence-corrected chi connectivity index (χ0v) is 12.4. The maximum atomic E-state index is 5.21. The van der Waals surface area contributed by atoms with Crippen LogP contribution in [0.2, 0.25) is 0 Å². The summed E-state index contributed by atoms with van der Waals surface area (Å²) in [6.07, 6.45) is 0.940. The molecule has 0 spiro atoms. The van der Waals surface area contributed by atoms with Crippen molar-refractivity contribution in [3.8, 4) is 5.75 Å². The minimum atomic E-state index is 0.00416. The highest BCUT2D eigenvalue weighted by Crippen LogP contribution is 2.11. The lowest BCUT2D eigenvalue weighted by atomic mass is 10.1. The minimum Gasteiger partial charge on any atom is -0.497 e. The smallest absolute Gasteiger partial charge is 0.166 e. The summed E-state index contributed by atoms with van der Waals surface area (Å²) in [5.74, 6) is 0.886. The lowest BCUT2D eigenvalue weighted by Crippen LogP contribution is -2.46. The highest BCUT2D eigenvalue weighted by Gasteiger charge is 2.10. The van der Waals surface area contributed by atoms with Crippen LogP contribution in [0.1, 0.15) is 26.3 Å². The molecule has 0 atom stereocenters. The van der Waals surface area contributed by atoms with Gasteiger partial charge >= 0.3 is 0 Å². The number of hydrogen-bond donors (Lipinski definition) is 2. The van der Waals surface area contributed by atoms with E-state index >= 15 is 0 Å². The maximum absolute atomic E-state index is 5.21. The van der Waals surface area contributed by atoms with E-state index in [1.54, 1.807) is 7.11 Å². The fourth-order valence-electron chi connectivity index (χ4n) is 1.50. The van der Waals surface area contributed by atoms with Crippen molar-refractivity contribution in [1.82, 2.24) is 10.6 Å². The average Bonchev–Trinajstić information content (AvgIpc) is 2.27. The molecule has 0 aliphatic carbocycles. The van der Waals surface area contributed by atoms with Crippen LogP contribution in [0.15, 0.2) is 24.3 Å². The summed E-state index contributed by atoms with van der Waals surface area (Å²) >= 11 is 5.21. The van der Waals surface area contributed by atoms with Crippen molar-refractivity contribution >= 4 is 17.3 Å². The minimum absolute atomic E-state index is 0.00416. The van der Waals surface area contributed by atoms with E-state index in [-0.39, 0.29) is 5.54 Å². The number of methoxy groups -OCH3 is 1. The molecule has 0 fully saturated rings.